The summed E-state index contributed by atoms with van der Waals surface area (Å²) in [6.45, 7) is 1.97. The van der Waals surface area contributed by atoms with E-state index in [0.29, 0.717) is 5.69 Å². The number of halogens is 1. The fourth-order valence-electron chi connectivity index (χ4n) is 2.36. The number of fused-ring (bicyclic) bond motifs is 1. The fraction of sp³-hybridized carbons (Fsp3) is 0.125. The molecule has 1 heterocycles. The molecule has 0 aliphatic rings. The predicted molar refractivity (Wildman–Crippen MR) is 85.7 cm³/mol. The number of rotatable bonds is 2. The number of anilines is 1. The van der Waals surface area contributed by atoms with Crippen LogP contribution in [0.3, 0.4) is 0 Å². The Hall–Kier alpha value is -2.33. The van der Waals surface area contributed by atoms with Crippen molar-refractivity contribution in [2.45, 2.75) is 6.92 Å². The average Bonchev–Trinajstić information content (AvgIpc) is 2.45. The van der Waals surface area contributed by atoms with Crippen LogP contribution in [0.25, 0.3) is 22.2 Å². The standard InChI is InChI=1S/C16H14ClN3O/c1-9-6-13-12(8-14(9)21-2)15(20-16(17)19-13)10-4-3-5-11(18)7-10/h3-8H,18H2,1-2H3. The maximum atomic E-state index is 6.05. The van der Waals surface area contributed by atoms with E-state index in [1.54, 1.807) is 7.11 Å². The largest absolute Gasteiger partial charge is 0.496 e. The van der Waals surface area contributed by atoms with Crippen LogP contribution in [0.4, 0.5) is 5.69 Å². The van der Waals surface area contributed by atoms with E-state index in [0.717, 1.165) is 33.5 Å². The molecule has 0 bridgehead atoms. The highest BCUT2D eigenvalue weighted by molar-refractivity contribution is 6.28. The number of nitrogens with two attached hydrogens (primary N) is 1. The number of benzene rings is 2. The van der Waals surface area contributed by atoms with Crippen LogP contribution in [-0.2, 0) is 0 Å². The molecule has 4 nitrogen and oxygen atoms in total. The van der Waals surface area contributed by atoms with Crippen LogP contribution in [0.5, 0.6) is 5.75 Å². The summed E-state index contributed by atoms with van der Waals surface area (Å²) in [6.07, 6.45) is 0. The van der Waals surface area contributed by atoms with Crippen molar-refractivity contribution in [3.63, 3.8) is 0 Å². The minimum absolute atomic E-state index is 0.212. The monoisotopic (exact) mass is 299 g/mol. The zero-order valence-corrected chi connectivity index (χ0v) is 12.5. The second-order valence-electron chi connectivity index (χ2n) is 4.81. The lowest BCUT2D eigenvalue weighted by atomic mass is 10.0. The number of nitrogens with zero attached hydrogens (tertiary/aromatic N) is 2. The van der Waals surface area contributed by atoms with Gasteiger partial charge in [0.2, 0.25) is 5.28 Å². The first-order valence-corrected chi connectivity index (χ1v) is 6.84. The highest BCUT2D eigenvalue weighted by Crippen LogP contribution is 2.32. The van der Waals surface area contributed by atoms with Crippen LogP contribution in [-0.4, -0.2) is 17.1 Å². The van der Waals surface area contributed by atoms with Crippen molar-refractivity contribution >= 4 is 28.2 Å². The van der Waals surface area contributed by atoms with E-state index in [4.69, 9.17) is 22.1 Å². The normalized spacial score (nSPS) is 10.8. The molecule has 0 saturated heterocycles. The van der Waals surface area contributed by atoms with Crippen molar-refractivity contribution in [1.29, 1.82) is 0 Å². The van der Waals surface area contributed by atoms with Crippen LogP contribution in [0, 0.1) is 6.92 Å². The number of hydrogen-bond acceptors (Lipinski definition) is 4. The Morgan fingerprint density at radius 1 is 1.14 bits per heavy atom. The maximum Gasteiger partial charge on any atom is 0.223 e. The molecule has 1 aromatic heterocycles. The Labute approximate surface area is 127 Å². The molecular weight excluding hydrogens is 286 g/mol. The number of hydrogen-bond donors (Lipinski definition) is 1. The molecule has 0 unspecified atom stereocenters. The lowest BCUT2D eigenvalue weighted by Gasteiger charge is -2.10. The molecule has 2 aromatic carbocycles. The van der Waals surface area contributed by atoms with Crippen molar-refractivity contribution in [3.8, 4) is 17.0 Å². The minimum atomic E-state index is 0.212. The summed E-state index contributed by atoms with van der Waals surface area (Å²) >= 11 is 6.05. The van der Waals surface area contributed by atoms with Crippen molar-refractivity contribution in [1.82, 2.24) is 9.97 Å². The average molecular weight is 300 g/mol. The molecule has 0 aliphatic carbocycles. The van der Waals surface area contributed by atoms with Crippen LogP contribution in [0.1, 0.15) is 5.56 Å². The topological polar surface area (TPSA) is 61.0 Å². The first kappa shape index (κ1) is 13.6. The second-order valence-corrected chi connectivity index (χ2v) is 5.14. The van der Waals surface area contributed by atoms with Crippen LogP contribution < -0.4 is 10.5 Å². The number of ether oxygens (including phenoxy) is 1. The van der Waals surface area contributed by atoms with Gasteiger partial charge in [-0.05, 0) is 48.4 Å². The Kier molecular flexibility index (Phi) is 3.39. The molecule has 21 heavy (non-hydrogen) atoms. The van der Waals surface area contributed by atoms with E-state index in [9.17, 15) is 0 Å². The second kappa shape index (κ2) is 5.22. The van der Waals surface area contributed by atoms with Crippen molar-refractivity contribution in [2.75, 3.05) is 12.8 Å². The first-order valence-electron chi connectivity index (χ1n) is 6.46. The summed E-state index contributed by atoms with van der Waals surface area (Å²) in [5.41, 5.74) is 9.96. The first-order chi connectivity index (χ1) is 10.1. The van der Waals surface area contributed by atoms with Crippen LogP contribution in [0.15, 0.2) is 36.4 Å². The number of aryl methyl sites for hydroxylation is 1. The third-order valence-electron chi connectivity index (χ3n) is 3.35. The van der Waals surface area contributed by atoms with Crippen LogP contribution in [0.2, 0.25) is 5.28 Å². The lowest BCUT2D eigenvalue weighted by molar-refractivity contribution is 0.412. The summed E-state index contributed by atoms with van der Waals surface area (Å²) in [4.78, 5) is 8.65. The maximum absolute atomic E-state index is 6.05. The van der Waals surface area contributed by atoms with Gasteiger partial charge >= 0.3 is 0 Å². The zero-order chi connectivity index (χ0) is 15.0. The molecule has 0 atom stereocenters. The van der Waals surface area contributed by atoms with Crippen LogP contribution >= 0.6 is 11.6 Å². The predicted octanol–water partition coefficient (Wildman–Crippen LogP) is 3.85. The van der Waals surface area contributed by atoms with Gasteiger partial charge in [0.15, 0.2) is 0 Å². The number of aromatic nitrogens is 2. The van der Waals surface area contributed by atoms with E-state index >= 15 is 0 Å². The summed E-state index contributed by atoms with van der Waals surface area (Å²) in [7, 11) is 1.64. The van der Waals surface area contributed by atoms with E-state index in [2.05, 4.69) is 9.97 Å². The Morgan fingerprint density at radius 2 is 1.95 bits per heavy atom. The smallest absolute Gasteiger partial charge is 0.223 e. The minimum Gasteiger partial charge on any atom is -0.496 e. The summed E-state index contributed by atoms with van der Waals surface area (Å²) in [5, 5.41) is 1.09. The number of methoxy groups -OCH3 is 1. The molecule has 106 valence electrons. The molecule has 0 saturated carbocycles. The van der Waals surface area contributed by atoms with Gasteiger partial charge in [0.05, 0.1) is 18.3 Å². The van der Waals surface area contributed by atoms with Crippen molar-refractivity contribution in [2.24, 2.45) is 0 Å². The molecular formula is C16H14ClN3O. The molecule has 0 spiro atoms. The van der Waals surface area contributed by atoms with Gasteiger partial charge in [-0.2, -0.15) is 0 Å². The van der Waals surface area contributed by atoms with E-state index in [1.807, 2.05) is 43.3 Å². The molecule has 3 rings (SSSR count). The molecule has 0 radical (unpaired) electrons. The van der Waals surface area contributed by atoms with Gasteiger partial charge in [0, 0.05) is 16.6 Å². The van der Waals surface area contributed by atoms with E-state index in [1.165, 1.54) is 0 Å². The SMILES string of the molecule is COc1cc2c(-c3cccc(N)c3)nc(Cl)nc2cc1C. The van der Waals surface area contributed by atoms with Gasteiger partial charge in [-0.1, -0.05) is 12.1 Å². The Balaban J connectivity index is 2.35. The third-order valence-corrected chi connectivity index (χ3v) is 3.51. The van der Waals surface area contributed by atoms with E-state index < -0.39 is 0 Å². The quantitative estimate of drug-likeness (QED) is 0.577. The Bertz CT molecular complexity index is 833. The zero-order valence-electron chi connectivity index (χ0n) is 11.7. The Morgan fingerprint density at radius 3 is 2.67 bits per heavy atom. The lowest BCUT2D eigenvalue weighted by Crippen LogP contribution is -1.95. The molecule has 0 fully saturated rings. The molecule has 3 aromatic rings. The summed E-state index contributed by atoms with van der Waals surface area (Å²) in [5.74, 6) is 0.790. The fourth-order valence-corrected chi connectivity index (χ4v) is 2.53. The van der Waals surface area contributed by atoms with Gasteiger partial charge in [0.25, 0.3) is 0 Å². The van der Waals surface area contributed by atoms with Gasteiger partial charge < -0.3 is 10.5 Å². The van der Waals surface area contributed by atoms with Gasteiger partial charge in [0.1, 0.15) is 5.75 Å². The van der Waals surface area contributed by atoms with Gasteiger partial charge in [-0.3, -0.25) is 0 Å². The van der Waals surface area contributed by atoms with Crippen molar-refractivity contribution < 1.29 is 4.74 Å². The van der Waals surface area contributed by atoms with Gasteiger partial charge in [-0.15, -0.1) is 0 Å². The highest BCUT2D eigenvalue weighted by Gasteiger charge is 2.12. The summed E-state index contributed by atoms with van der Waals surface area (Å²) < 4.78 is 5.38. The molecule has 2 N–H and O–H groups in total. The van der Waals surface area contributed by atoms with E-state index in [-0.39, 0.29) is 5.28 Å². The molecule has 0 aliphatic heterocycles. The molecule has 5 heteroatoms. The highest BCUT2D eigenvalue weighted by atomic mass is 35.5. The third kappa shape index (κ3) is 2.50. The molecule has 0 amide bonds. The number of nitrogen functional groups attached to an aromatic ring is 1. The van der Waals surface area contributed by atoms with Crippen molar-refractivity contribution in [3.05, 3.63) is 47.2 Å². The summed E-state index contributed by atoms with van der Waals surface area (Å²) in [6, 6.07) is 11.4. The van der Waals surface area contributed by atoms with Gasteiger partial charge in [-0.25, -0.2) is 9.97 Å².